The molecule has 0 aliphatic rings. The number of aryl methyl sites for hydroxylation is 1. The lowest BCUT2D eigenvalue weighted by Crippen LogP contribution is -2.02. The standard InChI is InChI=1S/C14H12ClFO/c1-9-2-4-10(5-3-9)14(17)12-7-6-11(15)8-13(12)16/h2-8,14,17H,1H3. The largest absolute Gasteiger partial charge is 0.384 e. The number of hydrogen-bond donors (Lipinski definition) is 1. The summed E-state index contributed by atoms with van der Waals surface area (Å²) in [5, 5.41) is 10.4. The van der Waals surface area contributed by atoms with Crippen molar-refractivity contribution >= 4 is 11.6 Å². The molecule has 1 nitrogen and oxygen atoms in total. The Kier molecular flexibility index (Phi) is 3.46. The maximum Gasteiger partial charge on any atom is 0.130 e. The molecule has 0 heterocycles. The van der Waals surface area contributed by atoms with Crippen LogP contribution in [-0.4, -0.2) is 5.11 Å². The molecule has 2 aromatic rings. The van der Waals surface area contributed by atoms with E-state index in [0.29, 0.717) is 10.6 Å². The van der Waals surface area contributed by atoms with Gasteiger partial charge in [-0.1, -0.05) is 47.5 Å². The van der Waals surface area contributed by atoms with E-state index in [1.54, 1.807) is 18.2 Å². The van der Waals surface area contributed by atoms with E-state index in [1.165, 1.54) is 12.1 Å². The molecule has 88 valence electrons. The molecular formula is C14H12ClFO. The van der Waals surface area contributed by atoms with E-state index in [0.717, 1.165) is 5.56 Å². The van der Waals surface area contributed by atoms with Crippen LogP contribution in [0.5, 0.6) is 0 Å². The zero-order valence-corrected chi connectivity index (χ0v) is 10.1. The zero-order chi connectivity index (χ0) is 12.4. The number of aliphatic hydroxyl groups excluding tert-OH is 1. The summed E-state index contributed by atoms with van der Waals surface area (Å²) in [6, 6.07) is 11.6. The van der Waals surface area contributed by atoms with Gasteiger partial charge in [0.25, 0.3) is 0 Å². The zero-order valence-electron chi connectivity index (χ0n) is 9.32. The van der Waals surface area contributed by atoms with Crippen molar-refractivity contribution in [1.82, 2.24) is 0 Å². The van der Waals surface area contributed by atoms with Crippen LogP contribution in [0.15, 0.2) is 42.5 Å². The van der Waals surface area contributed by atoms with Crippen LogP contribution in [0.2, 0.25) is 5.02 Å². The maximum absolute atomic E-state index is 13.6. The van der Waals surface area contributed by atoms with Crippen molar-refractivity contribution in [2.24, 2.45) is 0 Å². The first-order valence-corrected chi connectivity index (χ1v) is 5.65. The van der Waals surface area contributed by atoms with Crippen molar-refractivity contribution in [3.05, 3.63) is 70.0 Å². The molecule has 0 aliphatic heterocycles. The number of aliphatic hydroxyl groups is 1. The Morgan fingerprint density at radius 1 is 1.12 bits per heavy atom. The molecule has 1 atom stereocenters. The van der Waals surface area contributed by atoms with Gasteiger partial charge in [-0.15, -0.1) is 0 Å². The first-order valence-electron chi connectivity index (χ1n) is 5.27. The molecule has 0 aromatic heterocycles. The Hall–Kier alpha value is -1.38. The van der Waals surface area contributed by atoms with Crippen LogP contribution in [0.3, 0.4) is 0 Å². The molecule has 0 amide bonds. The van der Waals surface area contributed by atoms with Crippen molar-refractivity contribution in [2.45, 2.75) is 13.0 Å². The highest BCUT2D eigenvalue weighted by Crippen LogP contribution is 2.26. The summed E-state index contributed by atoms with van der Waals surface area (Å²) in [6.07, 6.45) is -0.965. The predicted molar refractivity (Wildman–Crippen MR) is 66.7 cm³/mol. The van der Waals surface area contributed by atoms with Crippen LogP contribution >= 0.6 is 11.6 Å². The van der Waals surface area contributed by atoms with Crippen LogP contribution in [0.4, 0.5) is 4.39 Å². The number of halogens is 2. The van der Waals surface area contributed by atoms with Crippen molar-refractivity contribution in [1.29, 1.82) is 0 Å². The summed E-state index contributed by atoms with van der Waals surface area (Å²) < 4.78 is 13.6. The number of rotatable bonds is 2. The second kappa shape index (κ2) is 4.86. The lowest BCUT2D eigenvalue weighted by molar-refractivity contribution is 0.215. The van der Waals surface area contributed by atoms with Crippen LogP contribution in [0.1, 0.15) is 22.8 Å². The average Bonchev–Trinajstić information content (AvgIpc) is 2.29. The molecule has 1 unspecified atom stereocenters. The summed E-state index contributed by atoms with van der Waals surface area (Å²) in [6.45, 7) is 1.96. The van der Waals surface area contributed by atoms with E-state index in [4.69, 9.17) is 11.6 Å². The van der Waals surface area contributed by atoms with Gasteiger partial charge in [-0.25, -0.2) is 4.39 Å². The lowest BCUT2D eigenvalue weighted by Gasteiger charge is -2.12. The van der Waals surface area contributed by atoms with Crippen LogP contribution in [0, 0.1) is 12.7 Å². The molecule has 0 saturated heterocycles. The minimum atomic E-state index is -0.965. The summed E-state index contributed by atoms with van der Waals surface area (Å²) in [7, 11) is 0. The van der Waals surface area contributed by atoms with Gasteiger partial charge in [-0.3, -0.25) is 0 Å². The Bertz CT molecular complexity index is 522. The highest BCUT2D eigenvalue weighted by Gasteiger charge is 2.14. The van der Waals surface area contributed by atoms with Gasteiger partial charge in [0.1, 0.15) is 11.9 Å². The molecule has 0 radical (unpaired) electrons. The number of hydrogen-bond acceptors (Lipinski definition) is 1. The average molecular weight is 251 g/mol. The molecule has 0 aliphatic carbocycles. The summed E-state index contributed by atoms with van der Waals surface area (Å²) in [5.74, 6) is -0.495. The van der Waals surface area contributed by atoms with Gasteiger partial charge in [-0.2, -0.15) is 0 Å². The molecular weight excluding hydrogens is 239 g/mol. The quantitative estimate of drug-likeness (QED) is 0.858. The fourth-order valence-corrected chi connectivity index (χ4v) is 1.81. The smallest absolute Gasteiger partial charge is 0.130 e. The Labute approximate surface area is 104 Å². The SMILES string of the molecule is Cc1ccc(C(O)c2ccc(Cl)cc2F)cc1. The fraction of sp³-hybridized carbons (Fsp3) is 0.143. The van der Waals surface area contributed by atoms with Crippen LogP contribution in [-0.2, 0) is 0 Å². The van der Waals surface area contributed by atoms with E-state index >= 15 is 0 Å². The van der Waals surface area contributed by atoms with Gasteiger partial charge >= 0.3 is 0 Å². The number of benzene rings is 2. The maximum atomic E-state index is 13.6. The molecule has 2 aromatic carbocycles. The third kappa shape index (κ3) is 2.65. The van der Waals surface area contributed by atoms with E-state index in [2.05, 4.69) is 0 Å². The molecule has 3 heteroatoms. The Morgan fingerprint density at radius 3 is 2.35 bits per heavy atom. The van der Waals surface area contributed by atoms with E-state index < -0.39 is 11.9 Å². The van der Waals surface area contributed by atoms with Gasteiger partial charge in [0.2, 0.25) is 0 Å². The highest BCUT2D eigenvalue weighted by molar-refractivity contribution is 6.30. The normalized spacial score (nSPS) is 12.5. The third-order valence-corrected chi connectivity index (χ3v) is 2.89. The molecule has 0 spiro atoms. The van der Waals surface area contributed by atoms with Crippen LogP contribution in [0.25, 0.3) is 0 Å². The third-order valence-electron chi connectivity index (χ3n) is 2.65. The van der Waals surface area contributed by atoms with Gasteiger partial charge in [0, 0.05) is 10.6 Å². The van der Waals surface area contributed by atoms with Gasteiger partial charge in [0.15, 0.2) is 0 Å². The molecule has 1 N–H and O–H groups in total. The fourth-order valence-electron chi connectivity index (χ4n) is 1.65. The van der Waals surface area contributed by atoms with E-state index in [-0.39, 0.29) is 5.56 Å². The molecule has 0 bridgehead atoms. The predicted octanol–water partition coefficient (Wildman–Crippen LogP) is 3.87. The summed E-state index contributed by atoms with van der Waals surface area (Å²) in [4.78, 5) is 0. The minimum Gasteiger partial charge on any atom is -0.384 e. The van der Waals surface area contributed by atoms with Gasteiger partial charge < -0.3 is 5.11 Å². The van der Waals surface area contributed by atoms with Crippen molar-refractivity contribution in [3.63, 3.8) is 0 Å². The van der Waals surface area contributed by atoms with Crippen molar-refractivity contribution in [2.75, 3.05) is 0 Å². The molecule has 0 fully saturated rings. The monoisotopic (exact) mass is 250 g/mol. The summed E-state index contributed by atoms with van der Waals surface area (Å²) in [5.41, 5.74) is 1.99. The van der Waals surface area contributed by atoms with Gasteiger partial charge in [0.05, 0.1) is 0 Å². The Balaban J connectivity index is 2.36. The Morgan fingerprint density at radius 2 is 1.76 bits per heavy atom. The van der Waals surface area contributed by atoms with Crippen molar-refractivity contribution < 1.29 is 9.50 Å². The molecule has 0 saturated carbocycles. The topological polar surface area (TPSA) is 20.2 Å². The second-order valence-corrected chi connectivity index (χ2v) is 4.42. The van der Waals surface area contributed by atoms with E-state index in [1.807, 2.05) is 19.1 Å². The van der Waals surface area contributed by atoms with Crippen LogP contribution < -0.4 is 0 Å². The molecule has 2 rings (SSSR count). The summed E-state index contributed by atoms with van der Waals surface area (Å²) >= 11 is 5.67. The van der Waals surface area contributed by atoms with Gasteiger partial charge in [-0.05, 0) is 24.6 Å². The first-order chi connectivity index (χ1) is 8.08. The minimum absolute atomic E-state index is 0.234. The first kappa shape index (κ1) is 12.1. The van der Waals surface area contributed by atoms with E-state index in [9.17, 15) is 9.50 Å². The molecule has 17 heavy (non-hydrogen) atoms. The highest BCUT2D eigenvalue weighted by atomic mass is 35.5. The van der Waals surface area contributed by atoms with Crippen molar-refractivity contribution in [3.8, 4) is 0 Å². The second-order valence-electron chi connectivity index (χ2n) is 3.98. The lowest BCUT2D eigenvalue weighted by atomic mass is 10.0.